The molecule has 0 atom stereocenters. The first-order valence-corrected chi connectivity index (χ1v) is 7.94. The first-order valence-electron chi connectivity index (χ1n) is 6.21. The van der Waals surface area contributed by atoms with Gasteiger partial charge in [0.15, 0.2) is 12.0 Å². The topological polar surface area (TPSA) is 98.2 Å². The summed E-state index contributed by atoms with van der Waals surface area (Å²) in [4.78, 5) is 17.2. The molecule has 1 aromatic heterocycles. The van der Waals surface area contributed by atoms with E-state index in [2.05, 4.69) is 14.1 Å². The van der Waals surface area contributed by atoms with Crippen LogP contribution in [0.4, 0.5) is 13.3 Å². The quantitative estimate of drug-likeness (QED) is 0.407. The summed E-state index contributed by atoms with van der Waals surface area (Å²) in [6.07, 6.45) is 1.14. The lowest BCUT2D eigenvalue weighted by Crippen LogP contribution is -2.14. The molecule has 0 aromatic carbocycles. The van der Waals surface area contributed by atoms with E-state index in [0.717, 1.165) is 11.8 Å². The van der Waals surface area contributed by atoms with Crippen LogP contribution in [0.15, 0.2) is 11.1 Å². The second kappa shape index (κ2) is 8.85. The van der Waals surface area contributed by atoms with Crippen LogP contribution in [0.25, 0.3) is 0 Å². The van der Waals surface area contributed by atoms with E-state index in [1.165, 1.54) is 6.07 Å². The number of thioether (sulfide) groups is 1. The number of carbonyl (C=O) groups is 1. The van der Waals surface area contributed by atoms with Gasteiger partial charge in [0.1, 0.15) is 11.1 Å². The van der Waals surface area contributed by atoms with E-state index in [-0.39, 0.29) is 22.2 Å². The molecule has 1 heterocycles. The maximum atomic E-state index is 12.7. The van der Waals surface area contributed by atoms with Crippen LogP contribution >= 0.6 is 23.8 Å². The molecule has 0 radical (unpaired) electrons. The van der Waals surface area contributed by atoms with Crippen molar-refractivity contribution in [3.05, 3.63) is 17.2 Å². The van der Waals surface area contributed by atoms with Crippen LogP contribution in [0, 0.1) is 11.3 Å². The summed E-state index contributed by atoms with van der Waals surface area (Å²) < 4.78 is 41.6. The third-order valence-corrected chi connectivity index (χ3v) is 3.85. The van der Waals surface area contributed by atoms with E-state index in [0.29, 0.717) is 18.4 Å². The predicted molar refractivity (Wildman–Crippen MR) is 78.2 cm³/mol. The Morgan fingerprint density at radius 1 is 1.57 bits per heavy atom. The fraction of sp³-hybridized carbons (Fsp3) is 0.417. The molecule has 126 valence electrons. The van der Waals surface area contributed by atoms with E-state index in [1.807, 2.05) is 13.0 Å². The molecule has 0 bridgehead atoms. The number of aryl methyl sites for hydroxylation is 1. The Bertz CT molecular complexity index is 611. The summed E-state index contributed by atoms with van der Waals surface area (Å²) in [5.41, 5.74) is 1.57. The van der Waals surface area contributed by atoms with Crippen LogP contribution in [0.2, 0.25) is 0 Å². The van der Waals surface area contributed by atoms with Gasteiger partial charge in [-0.15, -0.1) is 4.94 Å². The molecule has 1 aromatic rings. The van der Waals surface area contributed by atoms with Crippen molar-refractivity contribution in [1.29, 1.82) is 5.26 Å². The molecule has 0 saturated heterocycles. The van der Waals surface area contributed by atoms with Crippen molar-refractivity contribution in [2.45, 2.75) is 30.2 Å². The highest BCUT2D eigenvalue weighted by molar-refractivity contribution is 8.00. The Hall–Kier alpha value is -1.64. The van der Waals surface area contributed by atoms with Crippen molar-refractivity contribution in [1.82, 2.24) is 4.98 Å². The van der Waals surface area contributed by atoms with Crippen molar-refractivity contribution >= 4 is 29.7 Å². The molecule has 1 rings (SSSR count). The second-order valence-corrected chi connectivity index (χ2v) is 5.90. The number of nitrogens with zero attached hydrogens (tertiary/aromatic N) is 2. The number of alkyl halides is 2. The standard InChI is InChI=1S/C12H12F3N3O3S2/c1-2-3-7-4-10(20-23-12(13,14)21-15)18-11(8(7)5-16)22-6-9(17)19/h4H,2-3,6H2,1H3,(H2,17,19). The minimum atomic E-state index is -4.19. The molecule has 0 fully saturated rings. The number of amides is 1. The zero-order valence-corrected chi connectivity index (χ0v) is 13.5. The SMILES string of the molecule is CCCc1cc(OSC(F)(F)OF)nc(SCC(N)=O)c1C#N. The van der Waals surface area contributed by atoms with Crippen LogP contribution in [0.5, 0.6) is 5.88 Å². The zero-order valence-electron chi connectivity index (χ0n) is 11.8. The number of hydrogen-bond acceptors (Lipinski definition) is 7. The van der Waals surface area contributed by atoms with Crippen LogP contribution in [0.1, 0.15) is 24.5 Å². The third kappa shape index (κ3) is 6.17. The molecular formula is C12H12F3N3O3S2. The van der Waals surface area contributed by atoms with Crippen molar-refractivity contribution in [3.8, 4) is 11.9 Å². The highest BCUT2D eigenvalue weighted by atomic mass is 32.2. The number of hydrogen-bond donors (Lipinski definition) is 1. The average molecular weight is 367 g/mol. The number of primary amides is 1. The fourth-order valence-electron chi connectivity index (χ4n) is 1.52. The lowest BCUT2D eigenvalue weighted by molar-refractivity contribution is -0.302. The number of aromatic nitrogens is 1. The summed E-state index contributed by atoms with van der Waals surface area (Å²) in [6.45, 7) is 1.86. The molecule has 0 aliphatic rings. The first-order chi connectivity index (χ1) is 10.8. The zero-order chi connectivity index (χ0) is 17.5. The normalized spacial score (nSPS) is 11.1. The number of nitrogens with two attached hydrogens (primary N) is 1. The fourth-order valence-corrected chi connectivity index (χ4v) is 2.57. The van der Waals surface area contributed by atoms with Crippen LogP contribution in [-0.4, -0.2) is 22.1 Å². The molecule has 23 heavy (non-hydrogen) atoms. The number of carbonyl (C=O) groups excluding carboxylic acids is 1. The van der Waals surface area contributed by atoms with Crippen LogP contribution in [0.3, 0.4) is 0 Å². The molecule has 1 amide bonds. The van der Waals surface area contributed by atoms with Gasteiger partial charge in [-0.05, 0) is 16.5 Å². The van der Waals surface area contributed by atoms with E-state index >= 15 is 0 Å². The Labute approximate surface area is 138 Å². The van der Waals surface area contributed by atoms with Gasteiger partial charge >= 0.3 is 5.44 Å². The molecule has 11 heteroatoms. The molecule has 0 spiro atoms. The van der Waals surface area contributed by atoms with Gasteiger partial charge < -0.3 is 9.92 Å². The number of nitriles is 1. The summed E-state index contributed by atoms with van der Waals surface area (Å²) >= 11 is 0.311. The van der Waals surface area contributed by atoms with E-state index in [9.17, 15) is 23.4 Å². The molecule has 0 unspecified atom stereocenters. The molecule has 0 saturated carbocycles. The Kier molecular flexibility index (Phi) is 7.47. The summed E-state index contributed by atoms with van der Waals surface area (Å²) in [5, 5.41) is 9.35. The maximum Gasteiger partial charge on any atom is 0.474 e. The molecule has 6 nitrogen and oxygen atoms in total. The largest absolute Gasteiger partial charge is 0.474 e. The smallest absolute Gasteiger partial charge is 0.397 e. The Balaban J connectivity index is 3.11. The van der Waals surface area contributed by atoms with Gasteiger partial charge in [0.25, 0.3) is 0 Å². The molecule has 0 aliphatic carbocycles. The Morgan fingerprint density at radius 3 is 2.78 bits per heavy atom. The van der Waals surface area contributed by atoms with Gasteiger partial charge in [-0.25, -0.2) is 4.98 Å². The Morgan fingerprint density at radius 2 is 2.26 bits per heavy atom. The van der Waals surface area contributed by atoms with Crippen molar-refractivity contribution in [3.63, 3.8) is 0 Å². The van der Waals surface area contributed by atoms with Gasteiger partial charge in [0.05, 0.1) is 11.3 Å². The lowest BCUT2D eigenvalue weighted by atomic mass is 10.1. The number of rotatable bonds is 9. The first kappa shape index (κ1) is 19.4. The van der Waals surface area contributed by atoms with E-state index < -0.39 is 23.4 Å². The van der Waals surface area contributed by atoms with Crippen molar-refractivity contribution in [2.24, 2.45) is 5.73 Å². The predicted octanol–water partition coefficient (Wildman–Crippen LogP) is 2.96. The highest BCUT2D eigenvalue weighted by Crippen LogP contribution is 2.34. The summed E-state index contributed by atoms with van der Waals surface area (Å²) in [7, 11) is 0. The van der Waals surface area contributed by atoms with E-state index in [1.54, 1.807) is 0 Å². The average Bonchev–Trinajstić information content (AvgIpc) is 2.51. The number of pyridine rings is 1. The lowest BCUT2D eigenvalue weighted by Gasteiger charge is -2.12. The second-order valence-electron chi connectivity index (χ2n) is 4.12. The minimum absolute atomic E-state index is 0.123. The summed E-state index contributed by atoms with van der Waals surface area (Å²) in [5.74, 6) is -1.04. The van der Waals surface area contributed by atoms with Gasteiger partial charge in [-0.3, -0.25) is 4.79 Å². The number of halogens is 3. The van der Waals surface area contributed by atoms with Gasteiger partial charge in [0, 0.05) is 6.07 Å². The third-order valence-electron chi connectivity index (χ3n) is 2.34. The van der Waals surface area contributed by atoms with Crippen molar-refractivity contribution < 1.29 is 27.2 Å². The van der Waals surface area contributed by atoms with E-state index in [4.69, 9.17) is 5.73 Å². The van der Waals surface area contributed by atoms with Crippen LogP contribution in [-0.2, 0) is 16.2 Å². The van der Waals surface area contributed by atoms with Crippen molar-refractivity contribution in [2.75, 3.05) is 5.75 Å². The van der Waals surface area contributed by atoms with Crippen LogP contribution < -0.4 is 9.92 Å². The molecular weight excluding hydrogens is 355 g/mol. The van der Waals surface area contributed by atoms with Gasteiger partial charge in [0.2, 0.25) is 11.8 Å². The van der Waals surface area contributed by atoms with Gasteiger partial charge in [-0.1, -0.05) is 25.1 Å². The minimum Gasteiger partial charge on any atom is -0.397 e. The molecule has 0 aliphatic heterocycles. The highest BCUT2D eigenvalue weighted by Gasteiger charge is 2.36. The van der Waals surface area contributed by atoms with Gasteiger partial charge in [-0.2, -0.15) is 14.0 Å². The molecule has 2 N–H and O–H groups in total. The summed E-state index contributed by atoms with van der Waals surface area (Å²) in [6, 6.07) is 3.26. The monoisotopic (exact) mass is 367 g/mol. The maximum absolute atomic E-state index is 12.7.